The summed E-state index contributed by atoms with van der Waals surface area (Å²) in [5.74, 6) is 1.42. The fourth-order valence-corrected chi connectivity index (χ4v) is 3.10. The molecule has 0 aliphatic carbocycles. The molecule has 0 aromatic heterocycles. The van der Waals surface area contributed by atoms with Gasteiger partial charge in [-0.1, -0.05) is 61.0 Å². The molecule has 0 aliphatic rings. The molecule has 0 aliphatic heterocycles. The van der Waals surface area contributed by atoms with Crippen LogP contribution in [0.4, 0.5) is 5.69 Å². The van der Waals surface area contributed by atoms with Crippen LogP contribution in [0.25, 0.3) is 0 Å². The van der Waals surface area contributed by atoms with Crippen molar-refractivity contribution in [3.8, 4) is 11.5 Å². The summed E-state index contributed by atoms with van der Waals surface area (Å²) >= 11 is 6.19. The average Bonchev–Trinajstić information content (AvgIpc) is 2.72. The second kappa shape index (κ2) is 9.33. The number of hydrogen-bond donors (Lipinski definition) is 1. The third-order valence-electron chi connectivity index (χ3n) is 4.45. The van der Waals surface area contributed by atoms with Crippen LogP contribution in [0, 0.1) is 0 Å². The fraction of sp³-hybridized carbons (Fsp3) is 0.217. The van der Waals surface area contributed by atoms with E-state index < -0.39 is 0 Å². The lowest BCUT2D eigenvalue weighted by Gasteiger charge is -2.14. The maximum Gasteiger partial charge on any atom is 0.161 e. The maximum absolute atomic E-state index is 6.19. The summed E-state index contributed by atoms with van der Waals surface area (Å²) < 4.78 is 11.4. The zero-order valence-electron chi connectivity index (χ0n) is 15.7. The third kappa shape index (κ3) is 4.95. The number of methoxy groups -OCH3 is 1. The number of rotatable bonds is 8. The number of halogens is 1. The summed E-state index contributed by atoms with van der Waals surface area (Å²) in [6.07, 6.45) is 1.00. The molecule has 0 heterocycles. The highest BCUT2D eigenvalue weighted by molar-refractivity contribution is 6.31. The Hall–Kier alpha value is -2.65. The van der Waals surface area contributed by atoms with Gasteiger partial charge in [-0.15, -0.1) is 0 Å². The third-order valence-corrected chi connectivity index (χ3v) is 4.82. The van der Waals surface area contributed by atoms with E-state index in [-0.39, 0.29) is 0 Å². The van der Waals surface area contributed by atoms with E-state index in [4.69, 9.17) is 21.1 Å². The van der Waals surface area contributed by atoms with Gasteiger partial charge in [0.1, 0.15) is 6.61 Å². The molecule has 3 aromatic rings. The van der Waals surface area contributed by atoms with Crippen molar-refractivity contribution in [3.63, 3.8) is 0 Å². The number of anilines is 1. The first-order valence-corrected chi connectivity index (χ1v) is 9.44. The van der Waals surface area contributed by atoms with Gasteiger partial charge in [-0.2, -0.15) is 0 Å². The minimum atomic E-state index is 0.400. The van der Waals surface area contributed by atoms with E-state index in [1.807, 2.05) is 48.5 Å². The van der Waals surface area contributed by atoms with Gasteiger partial charge in [0.15, 0.2) is 11.5 Å². The molecule has 0 amide bonds. The zero-order valence-corrected chi connectivity index (χ0v) is 16.4. The van der Waals surface area contributed by atoms with Gasteiger partial charge in [0.05, 0.1) is 7.11 Å². The van der Waals surface area contributed by atoms with Crippen molar-refractivity contribution in [1.29, 1.82) is 0 Å². The first-order valence-electron chi connectivity index (χ1n) is 9.06. The van der Waals surface area contributed by atoms with Gasteiger partial charge in [-0.25, -0.2) is 0 Å². The molecule has 0 radical (unpaired) electrons. The molecule has 27 heavy (non-hydrogen) atoms. The average molecular weight is 382 g/mol. The number of benzene rings is 3. The molecular weight excluding hydrogens is 358 g/mol. The highest BCUT2D eigenvalue weighted by atomic mass is 35.5. The van der Waals surface area contributed by atoms with Gasteiger partial charge in [-0.3, -0.25) is 0 Å². The number of ether oxygens (including phenoxy) is 2. The minimum absolute atomic E-state index is 0.400. The van der Waals surface area contributed by atoms with E-state index in [9.17, 15) is 0 Å². The molecule has 0 unspecified atom stereocenters. The van der Waals surface area contributed by atoms with Crippen LogP contribution in [-0.4, -0.2) is 7.11 Å². The number of para-hydroxylation sites is 1. The maximum atomic E-state index is 6.19. The Kier molecular flexibility index (Phi) is 6.61. The van der Waals surface area contributed by atoms with Crippen LogP contribution in [0.1, 0.15) is 23.6 Å². The van der Waals surface area contributed by atoms with Crippen LogP contribution in [0.15, 0.2) is 66.7 Å². The molecule has 0 saturated carbocycles. The molecule has 3 rings (SSSR count). The van der Waals surface area contributed by atoms with Crippen LogP contribution in [-0.2, 0) is 19.6 Å². The van der Waals surface area contributed by atoms with E-state index in [1.165, 1.54) is 5.56 Å². The molecule has 0 spiro atoms. The van der Waals surface area contributed by atoms with Gasteiger partial charge in [0.25, 0.3) is 0 Å². The Bertz CT molecular complexity index is 895. The monoisotopic (exact) mass is 381 g/mol. The van der Waals surface area contributed by atoms with Crippen LogP contribution in [0.3, 0.4) is 0 Å². The van der Waals surface area contributed by atoms with Crippen molar-refractivity contribution in [2.75, 3.05) is 12.4 Å². The lowest BCUT2D eigenvalue weighted by molar-refractivity contribution is 0.284. The summed E-state index contributed by atoms with van der Waals surface area (Å²) in [7, 11) is 1.65. The van der Waals surface area contributed by atoms with E-state index in [0.717, 1.165) is 29.8 Å². The number of aryl methyl sites for hydroxylation is 1. The van der Waals surface area contributed by atoms with Crippen LogP contribution in [0.2, 0.25) is 5.02 Å². The van der Waals surface area contributed by atoms with Crippen molar-refractivity contribution in [3.05, 3.63) is 88.4 Å². The van der Waals surface area contributed by atoms with Gasteiger partial charge < -0.3 is 14.8 Å². The molecule has 3 aromatic carbocycles. The standard InChI is InChI=1S/C23H24ClNO2/c1-3-18-8-5-7-11-21(18)25-15-17-12-13-22(23(14-17)26-2)27-16-19-9-4-6-10-20(19)24/h4-14,25H,3,15-16H2,1-2H3. The summed E-state index contributed by atoms with van der Waals surface area (Å²) in [5, 5.41) is 4.20. The SMILES string of the molecule is CCc1ccccc1NCc1ccc(OCc2ccccc2Cl)c(OC)c1. The van der Waals surface area contributed by atoms with Gasteiger partial charge in [0.2, 0.25) is 0 Å². The normalized spacial score (nSPS) is 10.5. The molecule has 0 bridgehead atoms. The Morgan fingerprint density at radius 3 is 2.37 bits per heavy atom. The lowest BCUT2D eigenvalue weighted by atomic mass is 10.1. The number of hydrogen-bond acceptors (Lipinski definition) is 3. The van der Waals surface area contributed by atoms with Crippen LogP contribution in [0.5, 0.6) is 11.5 Å². The molecule has 3 nitrogen and oxygen atoms in total. The Balaban J connectivity index is 1.68. The van der Waals surface area contributed by atoms with Crippen molar-refractivity contribution in [1.82, 2.24) is 0 Å². The largest absolute Gasteiger partial charge is 0.493 e. The zero-order chi connectivity index (χ0) is 19.1. The topological polar surface area (TPSA) is 30.5 Å². The molecule has 1 N–H and O–H groups in total. The van der Waals surface area contributed by atoms with E-state index in [0.29, 0.717) is 23.1 Å². The Morgan fingerprint density at radius 1 is 0.889 bits per heavy atom. The highest BCUT2D eigenvalue weighted by Gasteiger charge is 2.08. The van der Waals surface area contributed by atoms with E-state index in [1.54, 1.807) is 7.11 Å². The summed E-state index contributed by atoms with van der Waals surface area (Å²) in [5.41, 5.74) is 4.55. The first-order chi connectivity index (χ1) is 13.2. The Morgan fingerprint density at radius 2 is 1.63 bits per heavy atom. The first kappa shape index (κ1) is 19.1. The molecule has 0 fully saturated rings. The fourth-order valence-electron chi connectivity index (χ4n) is 2.91. The predicted molar refractivity (Wildman–Crippen MR) is 112 cm³/mol. The van der Waals surface area contributed by atoms with Crippen molar-refractivity contribution in [2.24, 2.45) is 0 Å². The Labute approximate surface area is 165 Å². The second-order valence-corrected chi connectivity index (χ2v) is 6.64. The molecule has 0 saturated heterocycles. The van der Waals surface area contributed by atoms with Crippen LogP contribution < -0.4 is 14.8 Å². The van der Waals surface area contributed by atoms with Gasteiger partial charge in [0, 0.05) is 22.8 Å². The second-order valence-electron chi connectivity index (χ2n) is 6.23. The van der Waals surface area contributed by atoms with E-state index in [2.05, 4.69) is 30.4 Å². The van der Waals surface area contributed by atoms with Crippen LogP contribution >= 0.6 is 11.6 Å². The van der Waals surface area contributed by atoms with Gasteiger partial charge in [-0.05, 0) is 41.8 Å². The lowest BCUT2D eigenvalue weighted by Crippen LogP contribution is -2.03. The summed E-state index contributed by atoms with van der Waals surface area (Å²) in [4.78, 5) is 0. The molecule has 4 heteroatoms. The quantitative estimate of drug-likeness (QED) is 0.511. The van der Waals surface area contributed by atoms with Crippen molar-refractivity contribution >= 4 is 17.3 Å². The predicted octanol–water partition coefficient (Wildman–Crippen LogP) is 6.10. The smallest absolute Gasteiger partial charge is 0.161 e. The van der Waals surface area contributed by atoms with E-state index >= 15 is 0 Å². The number of nitrogens with one attached hydrogen (secondary N) is 1. The van der Waals surface area contributed by atoms with Crippen molar-refractivity contribution < 1.29 is 9.47 Å². The molecular formula is C23H24ClNO2. The highest BCUT2D eigenvalue weighted by Crippen LogP contribution is 2.30. The summed E-state index contributed by atoms with van der Waals surface area (Å²) in [6, 6.07) is 22.0. The van der Waals surface area contributed by atoms with Crippen molar-refractivity contribution in [2.45, 2.75) is 26.5 Å². The minimum Gasteiger partial charge on any atom is -0.493 e. The molecule has 140 valence electrons. The summed E-state index contributed by atoms with van der Waals surface area (Å²) in [6.45, 7) is 3.28. The molecule has 0 atom stereocenters. The van der Waals surface area contributed by atoms with Gasteiger partial charge >= 0.3 is 0 Å².